The average molecular weight is 690 g/mol. The molecule has 0 saturated heterocycles. The number of carbonyl (C=O) groups excluding carboxylic acids is 7. The van der Waals surface area contributed by atoms with Crippen molar-refractivity contribution in [3.05, 3.63) is 48.2 Å². The van der Waals surface area contributed by atoms with Crippen molar-refractivity contribution >= 4 is 41.5 Å². The molecule has 15 nitrogen and oxygen atoms in total. The second kappa shape index (κ2) is 19.9. The summed E-state index contributed by atoms with van der Waals surface area (Å²) in [5.74, 6) is -5.47. The molecule has 0 aliphatic rings. The zero-order valence-electron chi connectivity index (χ0n) is 30.0. The van der Waals surface area contributed by atoms with E-state index < -0.39 is 83.8 Å². The topological polar surface area (TPSA) is 190 Å². The van der Waals surface area contributed by atoms with Gasteiger partial charge in [-0.1, -0.05) is 50.8 Å². The highest BCUT2D eigenvalue weighted by Crippen LogP contribution is 2.18. The number of benzene rings is 1. The average Bonchev–Trinajstić information content (AvgIpc) is 3.06. The van der Waals surface area contributed by atoms with E-state index in [4.69, 9.17) is 14.2 Å². The Morgan fingerprint density at radius 3 is 1.98 bits per heavy atom. The van der Waals surface area contributed by atoms with Crippen LogP contribution in [0.5, 0.6) is 0 Å². The van der Waals surface area contributed by atoms with E-state index in [9.17, 15) is 33.6 Å². The molecular formula is C34H51N5O10. The summed E-state index contributed by atoms with van der Waals surface area (Å²) >= 11 is 0. The Morgan fingerprint density at radius 2 is 1.47 bits per heavy atom. The van der Waals surface area contributed by atoms with E-state index in [2.05, 4.69) is 22.5 Å². The molecule has 1 rings (SSSR count). The molecule has 0 fully saturated rings. The monoisotopic (exact) mass is 689 g/mol. The lowest BCUT2D eigenvalue weighted by atomic mass is 9.98. The molecule has 1 aromatic carbocycles. The second-order valence-corrected chi connectivity index (χ2v) is 12.0. The number of nitrogens with zero attached hydrogens (tertiary/aromatic N) is 2. The van der Waals surface area contributed by atoms with Crippen molar-refractivity contribution in [2.75, 3.05) is 28.3 Å². The van der Waals surface area contributed by atoms with Gasteiger partial charge in [0.05, 0.1) is 12.5 Å². The van der Waals surface area contributed by atoms with Gasteiger partial charge in [-0.15, -0.1) is 0 Å². The molecule has 272 valence electrons. The number of hydrogen-bond acceptors (Lipinski definition) is 10. The number of nitrogens with one attached hydrogen (secondary N) is 3. The highest BCUT2D eigenvalue weighted by atomic mass is 16.6. The molecular weight excluding hydrogens is 638 g/mol. The third kappa shape index (κ3) is 13.0. The van der Waals surface area contributed by atoms with Gasteiger partial charge in [-0.05, 0) is 32.3 Å². The summed E-state index contributed by atoms with van der Waals surface area (Å²) in [6.07, 6.45) is -3.38. The van der Waals surface area contributed by atoms with E-state index >= 15 is 0 Å². The molecule has 49 heavy (non-hydrogen) atoms. The van der Waals surface area contributed by atoms with E-state index in [1.807, 2.05) is 0 Å². The standard InChI is InChI=1S/C34H51N5O10/c1-19(2)29(49-27(41)17-20(3)47-11)28(37-24(7)40)34(46)48-26(18-25-15-13-12-14-16-25)33(45)39(10)23(6)31(43)36-21(4)32(44)38(9)22(5)30(42)35-8/h12-16,19-22,26,28-29H,6,17-18H2,1-5,7-11H3,(H,35,42)(H,36,43)(H,37,40)/t20-,21+,22+,26-,28+,29-/m1/s1. The van der Waals surface area contributed by atoms with Crippen LogP contribution < -0.4 is 16.0 Å². The minimum Gasteiger partial charge on any atom is -0.459 e. The first-order valence-corrected chi connectivity index (χ1v) is 15.8. The smallest absolute Gasteiger partial charge is 0.333 e. The number of hydrogen-bond donors (Lipinski definition) is 3. The molecule has 5 amide bonds. The fraction of sp³-hybridized carbons (Fsp3) is 0.559. The zero-order valence-corrected chi connectivity index (χ0v) is 30.0. The number of carbonyl (C=O) groups is 7. The van der Waals surface area contributed by atoms with Crippen LogP contribution in [0.1, 0.15) is 53.5 Å². The van der Waals surface area contributed by atoms with Gasteiger partial charge < -0.3 is 40.0 Å². The summed E-state index contributed by atoms with van der Waals surface area (Å²) < 4.78 is 16.4. The summed E-state index contributed by atoms with van der Waals surface area (Å²) in [4.78, 5) is 92.4. The van der Waals surface area contributed by atoms with Crippen LogP contribution in [0.4, 0.5) is 0 Å². The van der Waals surface area contributed by atoms with Crippen molar-refractivity contribution in [2.24, 2.45) is 5.92 Å². The highest BCUT2D eigenvalue weighted by molar-refractivity contribution is 6.00. The van der Waals surface area contributed by atoms with Crippen molar-refractivity contribution in [3.8, 4) is 0 Å². The van der Waals surface area contributed by atoms with E-state index in [-0.39, 0.29) is 18.5 Å². The van der Waals surface area contributed by atoms with Gasteiger partial charge in [-0.25, -0.2) is 4.79 Å². The van der Waals surface area contributed by atoms with Crippen LogP contribution in [0.2, 0.25) is 0 Å². The Kier molecular flexibility index (Phi) is 17.1. The summed E-state index contributed by atoms with van der Waals surface area (Å²) in [6, 6.07) is 5.24. The number of amides is 5. The molecule has 6 atom stereocenters. The molecule has 0 unspecified atom stereocenters. The van der Waals surface area contributed by atoms with Gasteiger partial charge in [0.25, 0.3) is 11.8 Å². The Hall–Kier alpha value is -4.79. The van der Waals surface area contributed by atoms with Gasteiger partial charge in [0.2, 0.25) is 17.7 Å². The lowest BCUT2D eigenvalue weighted by Crippen LogP contribution is -2.55. The molecule has 0 radical (unpaired) electrons. The Morgan fingerprint density at radius 1 is 0.878 bits per heavy atom. The predicted octanol–water partition coefficient (Wildman–Crippen LogP) is 0.708. The van der Waals surface area contributed by atoms with Crippen LogP contribution in [0.15, 0.2) is 42.6 Å². The minimum absolute atomic E-state index is 0.112. The molecule has 0 bridgehead atoms. The molecule has 0 saturated carbocycles. The van der Waals surface area contributed by atoms with Crippen LogP contribution in [0, 0.1) is 5.92 Å². The maximum Gasteiger partial charge on any atom is 0.333 e. The van der Waals surface area contributed by atoms with Crippen molar-refractivity contribution in [3.63, 3.8) is 0 Å². The lowest BCUT2D eigenvalue weighted by Gasteiger charge is -2.31. The van der Waals surface area contributed by atoms with Gasteiger partial charge in [0.1, 0.15) is 23.9 Å². The molecule has 3 N–H and O–H groups in total. The largest absolute Gasteiger partial charge is 0.459 e. The number of methoxy groups -OCH3 is 1. The molecule has 0 aromatic heterocycles. The Labute approximate surface area is 288 Å². The normalized spacial score (nSPS) is 14.5. The van der Waals surface area contributed by atoms with Crippen molar-refractivity contribution in [1.29, 1.82) is 0 Å². The van der Waals surface area contributed by atoms with Crippen LogP contribution in [0.25, 0.3) is 0 Å². The van der Waals surface area contributed by atoms with Gasteiger partial charge in [0.15, 0.2) is 12.1 Å². The molecule has 0 spiro atoms. The summed E-state index contributed by atoms with van der Waals surface area (Å²) in [5, 5.41) is 7.41. The van der Waals surface area contributed by atoms with E-state index in [0.29, 0.717) is 5.56 Å². The second-order valence-electron chi connectivity index (χ2n) is 12.0. The minimum atomic E-state index is -1.52. The van der Waals surface area contributed by atoms with Gasteiger partial charge in [0, 0.05) is 41.6 Å². The molecule has 0 aliphatic heterocycles. The zero-order chi connectivity index (χ0) is 37.6. The van der Waals surface area contributed by atoms with Gasteiger partial charge in [-0.3, -0.25) is 28.8 Å². The molecule has 1 aromatic rings. The van der Waals surface area contributed by atoms with Gasteiger partial charge in [-0.2, -0.15) is 0 Å². The maximum absolute atomic E-state index is 13.8. The SMILES string of the molecule is C=C(C(=O)N[C@@H](C)C(=O)N(C)[C@@H](C)C(=O)NC)N(C)C(=O)[C@@H](Cc1ccccc1)OC(=O)[C@@H](NC(C)=O)[C@H](OC(=O)C[C@@H](C)OC)C(C)C. The molecule has 0 heterocycles. The van der Waals surface area contributed by atoms with E-state index in [0.717, 1.165) is 4.90 Å². The first-order chi connectivity index (χ1) is 22.9. The number of likely N-dealkylation sites (N-methyl/N-ethyl adjacent to an activating group) is 3. The third-order valence-corrected chi connectivity index (χ3v) is 7.79. The fourth-order valence-electron chi connectivity index (χ4n) is 4.55. The lowest BCUT2D eigenvalue weighted by molar-refractivity contribution is -0.170. The summed E-state index contributed by atoms with van der Waals surface area (Å²) in [6.45, 7) is 12.9. The summed E-state index contributed by atoms with van der Waals surface area (Å²) in [5.41, 5.74) is 0.251. The maximum atomic E-state index is 13.8. The fourth-order valence-corrected chi connectivity index (χ4v) is 4.55. The van der Waals surface area contributed by atoms with Crippen molar-refractivity contribution in [2.45, 2.75) is 90.8 Å². The van der Waals surface area contributed by atoms with Crippen LogP contribution >= 0.6 is 0 Å². The van der Waals surface area contributed by atoms with E-state index in [1.165, 1.54) is 53.9 Å². The quantitative estimate of drug-likeness (QED) is 0.146. The Balaban J connectivity index is 3.31. The van der Waals surface area contributed by atoms with Crippen LogP contribution in [-0.4, -0.2) is 116 Å². The van der Waals surface area contributed by atoms with E-state index in [1.54, 1.807) is 51.1 Å². The van der Waals surface area contributed by atoms with Gasteiger partial charge >= 0.3 is 11.9 Å². The predicted molar refractivity (Wildman–Crippen MR) is 179 cm³/mol. The Bertz CT molecular complexity index is 1350. The number of esters is 2. The van der Waals surface area contributed by atoms with Crippen LogP contribution in [-0.2, 0) is 54.2 Å². The number of ether oxygens (including phenoxy) is 3. The van der Waals surface area contributed by atoms with Crippen molar-refractivity contribution in [1.82, 2.24) is 25.8 Å². The highest BCUT2D eigenvalue weighted by Gasteiger charge is 2.39. The summed E-state index contributed by atoms with van der Waals surface area (Å²) in [7, 11) is 5.54. The number of rotatable bonds is 18. The third-order valence-electron chi connectivity index (χ3n) is 7.79. The van der Waals surface area contributed by atoms with Crippen LogP contribution in [0.3, 0.4) is 0 Å². The first kappa shape index (κ1) is 42.2. The molecule has 15 heteroatoms. The van der Waals surface area contributed by atoms with Crippen molar-refractivity contribution < 1.29 is 47.8 Å². The molecule has 0 aliphatic carbocycles. The first-order valence-electron chi connectivity index (χ1n) is 15.8.